The minimum atomic E-state index is -3.58. The first-order valence-corrected chi connectivity index (χ1v) is 10.6. The van der Waals surface area contributed by atoms with Crippen molar-refractivity contribution in [3.8, 4) is 11.5 Å². The second-order valence-electron chi connectivity index (χ2n) is 7.85. The van der Waals surface area contributed by atoms with Crippen LogP contribution in [0.4, 0.5) is 4.79 Å². The van der Waals surface area contributed by atoms with E-state index < -0.39 is 21.7 Å². The molecular weight excluding hydrogens is 384 g/mol. The molecule has 0 fully saturated rings. The Morgan fingerprint density at radius 1 is 1.25 bits per heavy atom. The fourth-order valence-corrected chi connectivity index (χ4v) is 3.27. The second-order valence-corrected chi connectivity index (χ2v) is 9.50. The van der Waals surface area contributed by atoms with Gasteiger partial charge in [-0.15, -0.1) is 0 Å². The van der Waals surface area contributed by atoms with E-state index in [0.29, 0.717) is 29.2 Å². The standard InChI is InChI=1S/C19H28N2O6S/c1-13(2)10-21-28(23,24)7-6-14-8-16-17(26-12-25-16)9-15(14)11-20-18(22)27-19(3,4)5/h6-9,13,21H,10-12H2,1-5H3,(H,20,22)/b7-6+. The molecule has 9 heteroatoms. The van der Waals surface area contributed by atoms with Gasteiger partial charge in [0.1, 0.15) is 5.60 Å². The minimum Gasteiger partial charge on any atom is -0.454 e. The molecule has 8 nitrogen and oxygen atoms in total. The fraction of sp³-hybridized carbons (Fsp3) is 0.526. The third kappa shape index (κ3) is 7.05. The van der Waals surface area contributed by atoms with E-state index in [9.17, 15) is 13.2 Å². The third-order valence-electron chi connectivity index (χ3n) is 3.58. The van der Waals surface area contributed by atoms with Crippen LogP contribution in [0.15, 0.2) is 17.5 Å². The molecule has 2 N–H and O–H groups in total. The van der Waals surface area contributed by atoms with Crippen molar-refractivity contribution < 1.29 is 27.4 Å². The molecule has 0 bridgehead atoms. The van der Waals surface area contributed by atoms with Gasteiger partial charge in [-0.25, -0.2) is 17.9 Å². The van der Waals surface area contributed by atoms with E-state index in [0.717, 1.165) is 5.41 Å². The van der Waals surface area contributed by atoms with Gasteiger partial charge in [0.2, 0.25) is 16.8 Å². The fourth-order valence-electron chi connectivity index (χ4n) is 2.28. The SMILES string of the molecule is CC(C)CNS(=O)(=O)/C=C/c1cc2c(cc1CNC(=O)OC(C)(C)C)OCO2. The molecule has 156 valence electrons. The highest BCUT2D eigenvalue weighted by Crippen LogP contribution is 2.35. The van der Waals surface area contributed by atoms with Gasteiger partial charge < -0.3 is 19.5 Å². The number of hydrogen-bond acceptors (Lipinski definition) is 6. The molecule has 1 aliphatic rings. The second kappa shape index (κ2) is 8.83. The van der Waals surface area contributed by atoms with Crippen molar-refractivity contribution in [2.75, 3.05) is 13.3 Å². The van der Waals surface area contributed by atoms with E-state index >= 15 is 0 Å². The number of rotatable bonds is 7. The zero-order valence-corrected chi connectivity index (χ0v) is 17.7. The number of sulfonamides is 1. The summed E-state index contributed by atoms with van der Waals surface area (Å²) in [4.78, 5) is 11.9. The molecule has 1 heterocycles. The molecule has 1 amide bonds. The van der Waals surface area contributed by atoms with Gasteiger partial charge in [-0.05, 0) is 56.0 Å². The van der Waals surface area contributed by atoms with Gasteiger partial charge in [0.15, 0.2) is 11.5 Å². The van der Waals surface area contributed by atoms with Gasteiger partial charge in [-0.3, -0.25) is 0 Å². The highest BCUT2D eigenvalue weighted by molar-refractivity contribution is 7.92. The molecular formula is C19H28N2O6S. The van der Waals surface area contributed by atoms with Crippen LogP contribution in [-0.4, -0.2) is 33.4 Å². The molecule has 2 rings (SSSR count). The smallest absolute Gasteiger partial charge is 0.407 e. The Hall–Kier alpha value is -2.26. The third-order valence-corrected chi connectivity index (χ3v) is 4.64. The number of carbonyl (C=O) groups is 1. The molecule has 0 spiro atoms. The first-order chi connectivity index (χ1) is 13.0. The van der Waals surface area contributed by atoms with E-state index in [-0.39, 0.29) is 19.3 Å². The minimum absolute atomic E-state index is 0.0929. The number of hydrogen-bond donors (Lipinski definition) is 2. The Morgan fingerprint density at radius 3 is 2.50 bits per heavy atom. The Kier molecular flexibility index (Phi) is 6.95. The molecule has 1 aromatic carbocycles. The van der Waals surface area contributed by atoms with Crippen LogP contribution in [0.3, 0.4) is 0 Å². The lowest BCUT2D eigenvalue weighted by molar-refractivity contribution is 0.0523. The van der Waals surface area contributed by atoms with E-state index in [1.165, 1.54) is 6.08 Å². The number of alkyl carbamates (subject to hydrolysis) is 1. The van der Waals surface area contributed by atoms with Crippen molar-refractivity contribution in [3.63, 3.8) is 0 Å². The first-order valence-electron chi connectivity index (χ1n) is 9.02. The summed E-state index contributed by atoms with van der Waals surface area (Å²) in [7, 11) is -3.58. The summed E-state index contributed by atoms with van der Waals surface area (Å²) in [6.07, 6.45) is 0.905. The number of nitrogens with one attached hydrogen (secondary N) is 2. The Balaban J connectivity index is 2.18. The van der Waals surface area contributed by atoms with Crippen LogP contribution >= 0.6 is 0 Å². The monoisotopic (exact) mass is 412 g/mol. The molecule has 0 atom stereocenters. The average Bonchev–Trinajstić information content (AvgIpc) is 3.01. The average molecular weight is 413 g/mol. The van der Waals surface area contributed by atoms with E-state index in [2.05, 4.69) is 10.0 Å². The van der Waals surface area contributed by atoms with E-state index in [4.69, 9.17) is 14.2 Å². The molecule has 1 aliphatic heterocycles. The van der Waals surface area contributed by atoms with Crippen molar-refractivity contribution in [3.05, 3.63) is 28.7 Å². The van der Waals surface area contributed by atoms with Gasteiger partial charge >= 0.3 is 6.09 Å². The van der Waals surface area contributed by atoms with Crippen LogP contribution in [0.5, 0.6) is 11.5 Å². The summed E-state index contributed by atoms with van der Waals surface area (Å²) >= 11 is 0. The van der Waals surface area contributed by atoms with Crippen LogP contribution < -0.4 is 19.5 Å². The first kappa shape index (κ1) is 22.0. The normalized spacial score (nSPS) is 13.9. The predicted octanol–water partition coefficient (Wildman–Crippen LogP) is 2.99. The molecule has 0 unspecified atom stereocenters. The number of carbonyl (C=O) groups excluding carboxylic acids is 1. The van der Waals surface area contributed by atoms with Crippen LogP contribution in [0.2, 0.25) is 0 Å². The van der Waals surface area contributed by atoms with Crippen LogP contribution in [0, 0.1) is 5.92 Å². The number of fused-ring (bicyclic) bond motifs is 1. The maximum absolute atomic E-state index is 12.1. The van der Waals surface area contributed by atoms with Gasteiger partial charge in [0.25, 0.3) is 0 Å². The number of amides is 1. The quantitative estimate of drug-likeness (QED) is 0.714. The van der Waals surface area contributed by atoms with Crippen molar-refractivity contribution in [1.82, 2.24) is 10.0 Å². The Labute approximate surface area is 166 Å². The molecule has 0 aliphatic carbocycles. The zero-order chi connectivity index (χ0) is 20.9. The van der Waals surface area contributed by atoms with E-state index in [1.54, 1.807) is 32.9 Å². The molecule has 1 aromatic rings. The van der Waals surface area contributed by atoms with Crippen molar-refractivity contribution in [2.24, 2.45) is 5.92 Å². The molecule has 28 heavy (non-hydrogen) atoms. The molecule has 0 aromatic heterocycles. The largest absolute Gasteiger partial charge is 0.454 e. The topological polar surface area (TPSA) is 103 Å². The van der Waals surface area contributed by atoms with E-state index in [1.807, 2.05) is 13.8 Å². The van der Waals surface area contributed by atoms with Crippen molar-refractivity contribution >= 4 is 22.2 Å². The summed E-state index contributed by atoms with van der Waals surface area (Å²) in [6, 6.07) is 3.40. The summed E-state index contributed by atoms with van der Waals surface area (Å²) in [5, 5.41) is 3.77. The lowest BCUT2D eigenvalue weighted by atomic mass is 10.1. The highest BCUT2D eigenvalue weighted by Gasteiger charge is 2.19. The summed E-state index contributed by atoms with van der Waals surface area (Å²) in [6.45, 7) is 9.75. The Morgan fingerprint density at radius 2 is 1.89 bits per heavy atom. The Bertz CT molecular complexity index is 841. The molecule has 0 saturated heterocycles. The number of benzene rings is 1. The lowest BCUT2D eigenvalue weighted by Crippen LogP contribution is -2.32. The highest BCUT2D eigenvalue weighted by atomic mass is 32.2. The van der Waals surface area contributed by atoms with Gasteiger partial charge in [0, 0.05) is 18.5 Å². The van der Waals surface area contributed by atoms with Gasteiger partial charge in [0.05, 0.1) is 0 Å². The van der Waals surface area contributed by atoms with Crippen LogP contribution in [0.25, 0.3) is 6.08 Å². The lowest BCUT2D eigenvalue weighted by Gasteiger charge is -2.20. The van der Waals surface area contributed by atoms with Crippen molar-refractivity contribution in [1.29, 1.82) is 0 Å². The van der Waals surface area contributed by atoms with Gasteiger partial charge in [-0.2, -0.15) is 0 Å². The predicted molar refractivity (Wildman–Crippen MR) is 106 cm³/mol. The summed E-state index contributed by atoms with van der Waals surface area (Å²) in [5.41, 5.74) is 0.651. The maximum Gasteiger partial charge on any atom is 0.407 e. The zero-order valence-electron chi connectivity index (χ0n) is 16.9. The maximum atomic E-state index is 12.1. The van der Waals surface area contributed by atoms with Crippen molar-refractivity contribution in [2.45, 2.75) is 46.8 Å². The van der Waals surface area contributed by atoms with Gasteiger partial charge in [-0.1, -0.05) is 13.8 Å². The van der Waals surface area contributed by atoms with Crippen LogP contribution in [-0.2, 0) is 21.3 Å². The summed E-state index contributed by atoms with van der Waals surface area (Å²) < 4.78 is 42.7. The van der Waals surface area contributed by atoms with Crippen LogP contribution in [0.1, 0.15) is 45.7 Å². The molecule has 0 radical (unpaired) electrons. The number of ether oxygens (including phenoxy) is 3. The summed E-state index contributed by atoms with van der Waals surface area (Å²) in [5.74, 6) is 1.26. The molecule has 0 saturated carbocycles.